The van der Waals surface area contributed by atoms with Crippen molar-refractivity contribution < 1.29 is 0 Å². The zero-order chi connectivity index (χ0) is 3.58. The largest absolute Gasteiger partial charge is 0.284 e. The molecule has 2 radical (unpaired) electrons. The van der Waals surface area contributed by atoms with Crippen molar-refractivity contribution in [3.8, 4) is 0 Å². The highest BCUT2D eigenvalue weighted by Crippen LogP contribution is 1.52. The Balaban J connectivity index is 2.80. The van der Waals surface area contributed by atoms with Crippen LogP contribution >= 0.6 is 0 Å². The lowest BCUT2D eigenvalue weighted by molar-refractivity contribution is 1.19. The molecular formula is C2H4N2. The summed E-state index contributed by atoms with van der Waals surface area (Å²) in [5.74, 6) is -0.333. The predicted molar refractivity (Wildman–Crippen MR) is 15.3 cm³/mol. The molecule has 0 aromatic carbocycles. The molecule has 4 heavy (non-hydrogen) atoms. The summed E-state index contributed by atoms with van der Waals surface area (Å²) in [6, 6.07) is 0. The van der Waals surface area contributed by atoms with Crippen LogP contribution in [0.1, 0.15) is 0 Å². The van der Waals surface area contributed by atoms with Gasteiger partial charge >= 0.3 is 0 Å². The van der Waals surface area contributed by atoms with Crippen molar-refractivity contribution in [2.75, 3.05) is 0 Å². The molecule has 0 aliphatic rings. The third-order valence-electron chi connectivity index (χ3n) is 0. The zero-order valence-electron chi connectivity index (χ0n) is 2.21. The third-order valence-corrected chi connectivity index (χ3v) is 0. The van der Waals surface area contributed by atoms with E-state index in [4.69, 9.17) is 11.5 Å². The van der Waals surface area contributed by atoms with E-state index in [1.807, 2.05) is 0 Å². The van der Waals surface area contributed by atoms with Gasteiger partial charge in [0, 0.05) is 0 Å². The molecule has 0 unspecified atom stereocenters. The van der Waals surface area contributed by atoms with E-state index >= 15 is 0 Å². The van der Waals surface area contributed by atoms with E-state index in [2.05, 4.69) is 6.58 Å². The Labute approximate surface area is 25.1 Å². The monoisotopic (exact) mass is 56.0 g/mol. The molecule has 0 aromatic rings. The number of hydrogen-bond acceptors (Lipinski definition) is 0. The van der Waals surface area contributed by atoms with E-state index in [1.165, 1.54) is 0 Å². The fourth-order valence-electron chi connectivity index (χ4n) is 0. The summed E-state index contributed by atoms with van der Waals surface area (Å²) in [5, 5.41) is 0. The summed E-state index contributed by atoms with van der Waals surface area (Å²) < 4.78 is 0. The molecule has 0 spiro atoms. The van der Waals surface area contributed by atoms with Crippen LogP contribution in [0, 0.1) is 0 Å². The van der Waals surface area contributed by atoms with Crippen LogP contribution in [0.5, 0.6) is 0 Å². The SMILES string of the molecule is C=C([NH])[NH]. The van der Waals surface area contributed by atoms with E-state index in [0.717, 1.165) is 0 Å². The maximum absolute atomic E-state index is 6.06. The lowest BCUT2D eigenvalue weighted by Gasteiger charge is -1.65. The molecule has 0 saturated heterocycles. The molecule has 2 heteroatoms. The van der Waals surface area contributed by atoms with E-state index in [0.29, 0.717) is 0 Å². The van der Waals surface area contributed by atoms with Crippen LogP contribution in [0.3, 0.4) is 0 Å². The summed E-state index contributed by atoms with van der Waals surface area (Å²) >= 11 is 0. The summed E-state index contributed by atoms with van der Waals surface area (Å²) in [6.07, 6.45) is 0. The van der Waals surface area contributed by atoms with Gasteiger partial charge in [-0.3, -0.25) is 11.5 Å². The maximum atomic E-state index is 6.06. The van der Waals surface area contributed by atoms with Crippen LogP contribution in [0.25, 0.3) is 0 Å². The number of rotatable bonds is 0. The van der Waals surface area contributed by atoms with Crippen molar-refractivity contribution in [1.82, 2.24) is 11.5 Å². The Hall–Kier alpha value is -0.660. The first kappa shape index (κ1) is 3.34. The van der Waals surface area contributed by atoms with Gasteiger partial charge in [0.2, 0.25) is 0 Å². The van der Waals surface area contributed by atoms with E-state index < -0.39 is 0 Å². The zero-order valence-corrected chi connectivity index (χ0v) is 2.21. The van der Waals surface area contributed by atoms with E-state index in [-0.39, 0.29) is 5.82 Å². The smallest absolute Gasteiger partial charge is 0.129 e. The minimum atomic E-state index is -0.333. The molecule has 0 aliphatic carbocycles. The third kappa shape index (κ3) is 0.356. The minimum absolute atomic E-state index is 0.333. The Morgan fingerprint density at radius 2 is 1.50 bits per heavy atom. The maximum Gasteiger partial charge on any atom is 0.129 e. The molecule has 0 atom stereocenters. The minimum Gasteiger partial charge on any atom is -0.284 e. The van der Waals surface area contributed by atoms with Gasteiger partial charge in [0.15, 0.2) is 0 Å². The van der Waals surface area contributed by atoms with E-state index in [1.54, 1.807) is 0 Å². The quantitative estimate of drug-likeness (QED) is 0.375. The molecule has 0 aromatic heterocycles. The topological polar surface area (TPSA) is 47.6 Å². The van der Waals surface area contributed by atoms with Crippen molar-refractivity contribution in [3.05, 3.63) is 12.4 Å². The summed E-state index contributed by atoms with van der Waals surface area (Å²) in [7, 11) is 0. The van der Waals surface area contributed by atoms with Crippen molar-refractivity contribution in [2.45, 2.75) is 0 Å². The van der Waals surface area contributed by atoms with Crippen LogP contribution in [0.2, 0.25) is 0 Å². The molecule has 0 rings (SSSR count). The Kier molecular flexibility index (Phi) is 0.641. The predicted octanol–water partition coefficient (Wildman–Crippen LogP) is 0.0234. The Morgan fingerprint density at radius 3 is 1.50 bits per heavy atom. The highest BCUT2D eigenvalue weighted by atomic mass is 14.8. The van der Waals surface area contributed by atoms with Crippen molar-refractivity contribution in [2.24, 2.45) is 0 Å². The lowest BCUT2D eigenvalue weighted by atomic mass is 10.9. The second-order valence-electron chi connectivity index (χ2n) is 0.479. The van der Waals surface area contributed by atoms with Gasteiger partial charge in [-0.1, -0.05) is 6.58 Å². The standard InChI is InChI=1S/C2H4N2/c1-2(3)4/h3-4H,1H2. The second-order valence-corrected chi connectivity index (χ2v) is 0.479. The van der Waals surface area contributed by atoms with Crippen LogP contribution in [-0.2, 0) is 0 Å². The second kappa shape index (κ2) is 0.767. The van der Waals surface area contributed by atoms with Gasteiger partial charge in [-0.2, -0.15) is 0 Å². The first-order valence-electron chi connectivity index (χ1n) is 0.854. The Bertz CT molecular complexity index is 27.0. The first-order valence-corrected chi connectivity index (χ1v) is 0.854. The van der Waals surface area contributed by atoms with Crippen LogP contribution < -0.4 is 11.5 Å². The molecule has 2 N–H and O–H groups in total. The summed E-state index contributed by atoms with van der Waals surface area (Å²) in [6.45, 7) is 2.89. The van der Waals surface area contributed by atoms with Gasteiger partial charge in [-0.15, -0.1) is 0 Å². The molecule has 0 aliphatic heterocycles. The highest BCUT2D eigenvalue weighted by Gasteiger charge is 1.54. The van der Waals surface area contributed by atoms with Crippen LogP contribution in [0.15, 0.2) is 12.4 Å². The molecule has 0 bridgehead atoms. The van der Waals surface area contributed by atoms with Crippen molar-refractivity contribution >= 4 is 0 Å². The van der Waals surface area contributed by atoms with Gasteiger partial charge in [0.1, 0.15) is 5.82 Å². The molecule has 0 fully saturated rings. The molecule has 2 nitrogen and oxygen atoms in total. The lowest BCUT2D eigenvalue weighted by Crippen LogP contribution is -1.72. The number of hydrogen-bond donors (Lipinski definition) is 0. The summed E-state index contributed by atoms with van der Waals surface area (Å²) in [4.78, 5) is 0. The highest BCUT2D eigenvalue weighted by molar-refractivity contribution is 4.71. The molecular weight excluding hydrogens is 52.0 g/mol. The van der Waals surface area contributed by atoms with Crippen LogP contribution in [-0.4, -0.2) is 0 Å². The first-order chi connectivity index (χ1) is 1.73. The van der Waals surface area contributed by atoms with Crippen molar-refractivity contribution in [1.29, 1.82) is 0 Å². The summed E-state index contributed by atoms with van der Waals surface area (Å²) in [5.41, 5.74) is 12.1. The van der Waals surface area contributed by atoms with Gasteiger partial charge in [-0.05, 0) is 0 Å². The fraction of sp³-hybridized carbons (Fsp3) is 0. The number of nitrogens with one attached hydrogen (secondary N) is 2. The normalized spacial score (nSPS) is 6.00. The molecule has 0 amide bonds. The van der Waals surface area contributed by atoms with Gasteiger partial charge in [0.25, 0.3) is 0 Å². The van der Waals surface area contributed by atoms with Gasteiger partial charge in [0.05, 0.1) is 0 Å². The average molecular weight is 56.1 g/mol. The Morgan fingerprint density at radius 1 is 1.50 bits per heavy atom. The van der Waals surface area contributed by atoms with Gasteiger partial charge in [-0.25, -0.2) is 0 Å². The van der Waals surface area contributed by atoms with Crippen molar-refractivity contribution in [3.63, 3.8) is 0 Å². The van der Waals surface area contributed by atoms with Gasteiger partial charge < -0.3 is 0 Å². The molecule has 0 saturated carbocycles. The fourth-order valence-corrected chi connectivity index (χ4v) is 0. The van der Waals surface area contributed by atoms with E-state index in [9.17, 15) is 0 Å². The van der Waals surface area contributed by atoms with Crippen LogP contribution in [0.4, 0.5) is 0 Å². The average Bonchev–Trinajstić information content (AvgIpc) is 0.811. The molecule has 22 valence electrons. The molecule has 0 heterocycles.